The molecule has 1 aromatic heterocycles. The molecule has 0 bridgehead atoms. The molecule has 1 atom stereocenters. The van der Waals surface area contributed by atoms with Crippen molar-refractivity contribution in [3.8, 4) is 23.3 Å². The molecule has 0 saturated carbocycles. The van der Waals surface area contributed by atoms with Crippen LogP contribution in [0.3, 0.4) is 0 Å². The summed E-state index contributed by atoms with van der Waals surface area (Å²) < 4.78 is 20.1. The minimum absolute atomic E-state index is 0.0993. The Morgan fingerprint density at radius 2 is 1.91 bits per heavy atom. The molecule has 0 spiro atoms. The first-order valence-electron chi connectivity index (χ1n) is 11.2. The van der Waals surface area contributed by atoms with Gasteiger partial charge in [-0.15, -0.1) is 0 Å². The molecule has 2 heterocycles. The number of aromatic nitrogens is 1. The highest BCUT2D eigenvalue weighted by Crippen LogP contribution is 2.48. The zero-order valence-corrected chi connectivity index (χ0v) is 21.4. The highest BCUT2D eigenvalue weighted by molar-refractivity contribution is 9.10. The van der Waals surface area contributed by atoms with Crippen LogP contribution in [-0.4, -0.2) is 25.3 Å². The van der Waals surface area contributed by atoms with Gasteiger partial charge in [-0.1, -0.05) is 19.9 Å². The second-order valence-corrected chi connectivity index (χ2v) is 9.26. The molecule has 7 nitrogen and oxygen atoms in total. The van der Waals surface area contributed by atoms with E-state index >= 15 is 0 Å². The summed E-state index contributed by atoms with van der Waals surface area (Å²) in [5.41, 5.74) is 15.4. The molecule has 8 heteroatoms. The number of halogens is 1. The number of hydrogen-bond acceptors (Lipinski definition) is 6. The number of nitrogens with zero attached hydrogens (tertiary/aromatic N) is 2. The van der Waals surface area contributed by atoms with Crippen LogP contribution in [0.1, 0.15) is 43.7 Å². The molecule has 3 aromatic rings. The molecule has 178 valence electrons. The van der Waals surface area contributed by atoms with Crippen LogP contribution in [0, 0.1) is 11.3 Å². The molecule has 1 aliphatic heterocycles. The first-order valence-corrected chi connectivity index (χ1v) is 12.0. The average molecular weight is 525 g/mol. The summed E-state index contributed by atoms with van der Waals surface area (Å²) in [5, 5.41) is 10.9. The average Bonchev–Trinajstić information content (AvgIpc) is 3.29. The summed E-state index contributed by atoms with van der Waals surface area (Å²) in [7, 11) is 3.17. The van der Waals surface area contributed by atoms with Crippen LogP contribution in [0.2, 0.25) is 0 Å². The van der Waals surface area contributed by atoms with Crippen molar-refractivity contribution in [2.24, 2.45) is 11.5 Å². The molecule has 0 radical (unpaired) electrons. The Kier molecular flexibility index (Phi) is 6.52. The molecule has 2 aromatic carbocycles. The third-order valence-electron chi connectivity index (χ3n) is 7.05. The van der Waals surface area contributed by atoms with E-state index in [1.807, 2.05) is 24.3 Å². The molecule has 1 unspecified atom stereocenters. The van der Waals surface area contributed by atoms with Gasteiger partial charge >= 0.3 is 0 Å². The third kappa shape index (κ3) is 3.51. The van der Waals surface area contributed by atoms with E-state index in [1.54, 1.807) is 14.2 Å². The van der Waals surface area contributed by atoms with E-state index in [9.17, 15) is 5.26 Å². The van der Waals surface area contributed by atoms with E-state index in [1.165, 1.54) is 0 Å². The van der Waals surface area contributed by atoms with Gasteiger partial charge in [0.15, 0.2) is 11.5 Å². The largest absolute Gasteiger partial charge is 0.493 e. The first kappa shape index (κ1) is 24.0. The number of allylic oxidation sites excluding steroid dienone is 1. The van der Waals surface area contributed by atoms with Gasteiger partial charge in [0, 0.05) is 23.7 Å². The minimum atomic E-state index is -0.422. The van der Waals surface area contributed by atoms with Crippen molar-refractivity contribution in [2.45, 2.75) is 38.1 Å². The summed E-state index contributed by atoms with van der Waals surface area (Å²) >= 11 is 3.57. The Morgan fingerprint density at radius 3 is 2.50 bits per heavy atom. The van der Waals surface area contributed by atoms with Gasteiger partial charge in [0.1, 0.15) is 17.4 Å². The first-order chi connectivity index (χ1) is 16.4. The van der Waals surface area contributed by atoms with Gasteiger partial charge in [0.2, 0.25) is 5.88 Å². The van der Waals surface area contributed by atoms with E-state index in [0.717, 1.165) is 39.3 Å². The van der Waals surface area contributed by atoms with Gasteiger partial charge in [-0.3, -0.25) is 0 Å². The number of rotatable bonds is 7. The minimum Gasteiger partial charge on any atom is -0.493 e. The lowest BCUT2D eigenvalue weighted by atomic mass is 9.82. The lowest BCUT2D eigenvalue weighted by molar-refractivity contribution is 0.280. The van der Waals surface area contributed by atoms with Crippen molar-refractivity contribution in [3.63, 3.8) is 0 Å². The molecule has 4 N–H and O–H groups in total. The maximum atomic E-state index is 9.98. The number of benzene rings is 2. The van der Waals surface area contributed by atoms with E-state index in [-0.39, 0.29) is 11.4 Å². The Balaban J connectivity index is 1.97. The number of ether oxygens (including phenoxy) is 3. The second kappa shape index (κ2) is 9.24. The molecule has 0 fully saturated rings. The zero-order chi connectivity index (χ0) is 24.6. The predicted molar refractivity (Wildman–Crippen MR) is 136 cm³/mol. The van der Waals surface area contributed by atoms with E-state index in [0.29, 0.717) is 29.4 Å². The maximum absolute atomic E-state index is 9.98. The molecule has 1 aliphatic rings. The Bertz CT molecular complexity index is 1310. The van der Waals surface area contributed by atoms with Crippen molar-refractivity contribution in [1.29, 1.82) is 5.26 Å². The highest BCUT2D eigenvalue weighted by Gasteiger charge is 2.35. The maximum Gasteiger partial charge on any atom is 0.205 e. The van der Waals surface area contributed by atoms with E-state index < -0.39 is 5.92 Å². The SMILES string of the molecule is CCC(CC)(CN)n1ccc2c3c(ccc21)C(c1cc(Br)c(OC)c(OC)c1)C(C#N)=C(N)O3. The van der Waals surface area contributed by atoms with Gasteiger partial charge in [-0.25, -0.2) is 0 Å². The van der Waals surface area contributed by atoms with Gasteiger partial charge in [-0.2, -0.15) is 5.26 Å². The predicted octanol–water partition coefficient (Wildman–Crippen LogP) is 5.11. The highest BCUT2D eigenvalue weighted by atomic mass is 79.9. The fourth-order valence-corrected chi connectivity index (χ4v) is 5.59. The van der Waals surface area contributed by atoms with Crippen LogP contribution in [-0.2, 0) is 5.54 Å². The van der Waals surface area contributed by atoms with E-state index in [2.05, 4.69) is 52.7 Å². The summed E-state index contributed by atoms with van der Waals surface area (Å²) in [5.74, 6) is 1.47. The molecule has 0 aliphatic carbocycles. The summed E-state index contributed by atoms with van der Waals surface area (Å²) in [4.78, 5) is 0. The van der Waals surface area contributed by atoms with Crippen molar-refractivity contribution in [3.05, 3.63) is 63.6 Å². The molecule has 34 heavy (non-hydrogen) atoms. The fraction of sp³-hybridized carbons (Fsp3) is 0.346. The quantitative estimate of drug-likeness (QED) is 0.444. The van der Waals surface area contributed by atoms with Crippen LogP contribution in [0.15, 0.2) is 52.5 Å². The smallest absolute Gasteiger partial charge is 0.205 e. The van der Waals surface area contributed by atoms with Gasteiger partial charge in [0.25, 0.3) is 0 Å². The molecule has 0 amide bonds. The van der Waals surface area contributed by atoms with Crippen LogP contribution < -0.4 is 25.7 Å². The lowest BCUT2D eigenvalue weighted by Gasteiger charge is -2.34. The Hall–Kier alpha value is -3.15. The standard InChI is InChI=1S/C26H29BrN4O3/c1-5-26(6-2,14-29)31-10-9-16-20(31)8-7-17-22(18(13-28)25(30)34-23(16)17)15-11-19(27)24(33-4)21(12-15)32-3/h7-12,22H,5-6,14,29-30H2,1-4H3. The Labute approximate surface area is 208 Å². The van der Waals surface area contributed by atoms with Crippen LogP contribution >= 0.6 is 15.9 Å². The van der Waals surface area contributed by atoms with Crippen molar-refractivity contribution in [2.75, 3.05) is 20.8 Å². The topological polar surface area (TPSA) is 108 Å². The van der Waals surface area contributed by atoms with Gasteiger partial charge in [0.05, 0.1) is 35.7 Å². The van der Waals surface area contributed by atoms with Crippen LogP contribution in [0.25, 0.3) is 10.9 Å². The van der Waals surface area contributed by atoms with Crippen LogP contribution in [0.4, 0.5) is 0 Å². The van der Waals surface area contributed by atoms with Gasteiger partial charge < -0.3 is 30.2 Å². The summed E-state index contributed by atoms with van der Waals surface area (Å²) in [6.07, 6.45) is 3.88. The van der Waals surface area contributed by atoms with Crippen molar-refractivity contribution >= 4 is 26.8 Å². The number of nitrogens with two attached hydrogens (primary N) is 2. The Morgan fingerprint density at radius 1 is 1.18 bits per heavy atom. The molecule has 4 rings (SSSR count). The van der Waals surface area contributed by atoms with Gasteiger partial charge in [-0.05, 0) is 58.6 Å². The number of hydrogen-bond donors (Lipinski definition) is 2. The second-order valence-electron chi connectivity index (χ2n) is 8.40. The fourth-order valence-electron chi connectivity index (χ4n) is 4.97. The molecular formula is C26H29BrN4O3. The number of nitriles is 1. The van der Waals surface area contributed by atoms with Crippen LogP contribution in [0.5, 0.6) is 17.2 Å². The van der Waals surface area contributed by atoms with Crippen molar-refractivity contribution < 1.29 is 14.2 Å². The normalized spacial score (nSPS) is 15.6. The molecule has 0 saturated heterocycles. The number of fused-ring (bicyclic) bond motifs is 3. The monoisotopic (exact) mass is 524 g/mol. The van der Waals surface area contributed by atoms with E-state index in [4.69, 9.17) is 25.7 Å². The zero-order valence-electron chi connectivity index (χ0n) is 19.8. The number of methoxy groups -OCH3 is 2. The molecular weight excluding hydrogens is 496 g/mol. The van der Waals surface area contributed by atoms with Crippen molar-refractivity contribution in [1.82, 2.24) is 4.57 Å². The summed E-state index contributed by atoms with van der Waals surface area (Å²) in [6.45, 7) is 4.84. The summed E-state index contributed by atoms with van der Waals surface area (Å²) in [6, 6.07) is 12.2. The lowest BCUT2D eigenvalue weighted by Crippen LogP contribution is -2.39. The third-order valence-corrected chi connectivity index (χ3v) is 7.64.